The van der Waals surface area contributed by atoms with Crippen molar-refractivity contribution < 1.29 is 19.2 Å². The van der Waals surface area contributed by atoms with Crippen LogP contribution in [0, 0.1) is 0 Å². The molecule has 2 N–H and O–H groups in total. The van der Waals surface area contributed by atoms with Crippen molar-refractivity contribution in [2.45, 2.75) is 26.8 Å². The maximum absolute atomic E-state index is 12.7. The van der Waals surface area contributed by atoms with Crippen LogP contribution in [0.1, 0.15) is 30.8 Å². The van der Waals surface area contributed by atoms with Crippen molar-refractivity contribution in [3.05, 3.63) is 40.3 Å². The Hall–Kier alpha value is -3.76. The van der Waals surface area contributed by atoms with Crippen LogP contribution in [0.5, 0.6) is 0 Å². The summed E-state index contributed by atoms with van der Waals surface area (Å²) in [7, 11) is 0. The molecule has 11 nitrogen and oxygen atoms in total. The van der Waals surface area contributed by atoms with Crippen LogP contribution >= 0.6 is 0 Å². The summed E-state index contributed by atoms with van der Waals surface area (Å²) in [5.41, 5.74) is 4.19. The van der Waals surface area contributed by atoms with Crippen LogP contribution in [0.2, 0.25) is 0 Å². The molecule has 1 aromatic heterocycles. The van der Waals surface area contributed by atoms with Crippen molar-refractivity contribution in [1.29, 1.82) is 0 Å². The SMILES string of the molecule is CCCn1nc(C(=O)NNC(=O)CN2CCN(CC)C(=O)C2=O)c2ccccc2c1=O. The van der Waals surface area contributed by atoms with Gasteiger partial charge in [-0.2, -0.15) is 5.10 Å². The van der Waals surface area contributed by atoms with Crippen molar-refractivity contribution in [2.75, 3.05) is 26.2 Å². The number of carbonyl (C=O) groups is 4. The zero-order valence-electron chi connectivity index (χ0n) is 17.4. The molecule has 1 fully saturated rings. The first kappa shape index (κ1) is 21.9. The van der Waals surface area contributed by atoms with E-state index < -0.39 is 23.6 Å². The zero-order valence-corrected chi connectivity index (χ0v) is 17.4. The number of piperazine rings is 1. The third-order valence-corrected chi connectivity index (χ3v) is 4.95. The maximum atomic E-state index is 12.7. The number of hydrazine groups is 1. The van der Waals surface area contributed by atoms with E-state index in [0.29, 0.717) is 36.8 Å². The summed E-state index contributed by atoms with van der Waals surface area (Å²) in [6, 6.07) is 6.59. The Morgan fingerprint density at radius 1 is 0.968 bits per heavy atom. The molecule has 1 aromatic carbocycles. The van der Waals surface area contributed by atoms with Gasteiger partial charge < -0.3 is 9.80 Å². The number of aryl methyl sites for hydroxylation is 1. The quantitative estimate of drug-likeness (QED) is 0.460. The molecule has 11 heteroatoms. The molecular weight excluding hydrogens is 404 g/mol. The standard InChI is InChI=1S/C20H24N6O5/c1-3-9-26-18(29)14-8-6-5-7-13(14)16(23-26)17(28)22-21-15(27)12-25-11-10-24(4-2)19(30)20(25)31/h5-8H,3-4,9-12H2,1-2H3,(H,21,27)(H,22,28). The van der Waals surface area contributed by atoms with Gasteiger partial charge in [0.25, 0.3) is 17.4 Å². The highest BCUT2D eigenvalue weighted by Crippen LogP contribution is 2.13. The van der Waals surface area contributed by atoms with Gasteiger partial charge >= 0.3 is 11.8 Å². The van der Waals surface area contributed by atoms with Gasteiger partial charge in [-0.1, -0.05) is 25.1 Å². The van der Waals surface area contributed by atoms with Gasteiger partial charge in [-0.25, -0.2) is 4.68 Å². The number of aromatic nitrogens is 2. The number of hydrogen-bond acceptors (Lipinski definition) is 6. The van der Waals surface area contributed by atoms with Crippen molar-refractivity contribution in [3.63, 3.8) is 0 Å². The van der Waals surface area contributed by atoms with Gasteiger partial charge in [-0.15, -0.1) is 0 Å². The van der Waals surface area contributed by atoms with Gasteiger partial charge in [0.1, 0.15) is 6.54 Å². The van der Waals surface area contributed by atoms with E-state index in [0.717, 1.165) is 4.90 Å². The second kappa shape index (κ2) is 9.37. The molecule has 0 radical (unpaired) electrons. The lowest BCUT2D eigenvalue weighted by molar-refractivity contribution is -0.156. The summed E-state index contributed by atoms with van der Waals surface area (Å²) in [5.74, 6) is -2.77. The minimum atomic E-state index is -0.756. The van der Waals surface area contributed by atoms with Gasteiger partial charge in [0.05, 0.1) is 5.39 Å². The molecule has 0 aliphatic carbocycles. The number of hydrogen-bond donors (Lipinski definition) is 2. The molecule has 1 aliphatic rings. The fourth-order valence-electron chi connectivity index (χ4n) is 3.33. The average molecular weight is 428 g/mol. The van der Waals surface area contributed by atoms with Crippen LogP contribution in [0.25, 0.3) is 10.8 Å². The molecule has 0 atom stereocenters. The molecule has 164 valence electrons. The number of rotatable bonds is 6. The van der Waals surface area contributed by atoms with Gasteiger partial charge in [-0.05, 0) is 19.4 Å². The van der Waals surface area contributed by atoms with Crippen molar-refractivity contribution in [3.8, 4) is 0 Å². The molecule has 1 aliphatic heterocycles. The largest absolute Gasteiger partial charge is 0.333 e. The fourth-order valence-corrected chi connectivity index (χ4v) is 3.33. The zero-order chi connectivity index (χ0) is 22.5. The summed E-state index contributed by atoms with van der Waals surface area (Å²) >= 11 is 0. The summed E-state index contributed by atoms with van der Waals surface area (Å²) in [6.07, 6.45) is 0.654. The Kier molecular flexibility index (Phi) is 6.63. The molecule has 1 saturated heterocycles. The highest BCUT2D eigenvalue weighted by Gasteiger charge is 2.32. The van der Waals surface area contributed by atoms with Crippen LogP contribution in [0.4, 0.5) is 0 Å². The van der Waals surface area contributed by atoms with Gasteiger partial charge in [-0.3, -0.25) is 34.8 Å². The normalized spacial score (nSPS) is 14.1. The van der Waals surface area contributed by atoms with Crippen LogP contribution < -0.4 is 16.4 Å². The first-order chi connectivity index (χ1) is 14.9. The summed E-state index contributed by atoms with van der Waals surface area (Å²) < 4.78 is 1.22. The van der Waals surface area contributed by atoms with E-state index >= 15 is 0 Å². The van der Waals surface area contributed by atoms with E-state index in [1.807, 2.05) is 6.92 Å². The van der Waals surface area contributed by atoms with Crippen molar-refractivity contribution in [2.24, 2.45) is 0 Å². The predicted octanol–water partition coefficient (Wildman–Crippen LogP) is -0.742. The lowest BCUT2D eigenvalue weighted by Crippen LogP contribution is -2.57. The second-order valence-electron chi connectivity index (χ2n) is 7.04. The van der Waals surface area contributed by atoms with E-state index in [1.165, 1.54) is 9.58 Å². The minimum absolute atomic E-state index is 0.00763. The summed E-state index contributed by atoms with van der Waals surface area (Å²) in [4.78, 5) is 64.0. The number of likely N-dealkylation sites (N-methyl/N-ethyl adjacent to an activating group) is 1. The number of fused-ring (bicyclic) bond motifs is 1. The minimum Gasteiger partial charge on any atom is -0.333 e. The highest BCUT2D eigenvalue weighted by molar-refractivity contribution is 6.35. The fraction of sp³-hybridized carbons (Fsp3) is 0.400. The smallest absolute Gasteiger partial charge is 0.312 e. The molecule has 0 spiro atoms. The van der Waals surface area contributed by atoms with Gasteiger partial charge in [0, 0.05) is 31.6 Å². The molecule has 2 heterocycles. The van der Waals surface area contributed by atoms with E-state index in [4.69, 9.17) is 0 Å². The summed E-state index contributed by atoms with van der Waals surface area (Å²) in [6.45, 7) is 4.62. The van der Waals surface area contributed by atoms with E-state index in [1.54, 1.807) is 31.2 Å². The number of carbonyl (C=O) groups excluding carboxylic acids is 4. The molecule has 4 amide bonds. The third kappa shape index (κ3) is 4.55. The lowest BCUT2D eigenvalue weighted by atomic mass is 10.1. The third-order valence-electron chi connectivity index (χ3n) is 4.95. The number of nitrogens with one attached hydrogen (secondary N) is 2. The van der Waals surface area contributed by atoms with E-state index in [9.17, 15) is 24.0 Å². The lowest BCUT2D eigenvalue weighted by Gasteiger charge is -2.32. The van der Waals surface area contributed by atoms with Crippen LogP contribution in [0.3, 0.4) is 0 Å². The Morgan fingerprint density at radius 2 is 1.61 bits per heavy atom. The monoisotopic (exact) mass is 428 g/mol. The maximum Gasteiger partial charge on any atom is 0.312 e. The average Bonchev–Trinajstić information content (AvgIpc) is 2.77. The Morgan fingerprint density at radius 3 is 2.29 bits per heavy atom. The number of benzene rings is 1. The number of amides is 4. The Bertz CT molecular complexity index is 1100. The van der Waals surface area contributed by atoms with Crippen molar-refractivity contribution >= 4 is 34.4 Å². The van der Waals surface area contributed by atoms with Crippen molar-refractivity contribution in [1.82, 2.24) is 30.4 Å². The molecular formula is C20H24N6O5. The second-order valence-corrected chi connectivity index (χ2v) is 7.04. The molecule has 2 aromatic rings. The molecule has 31 heavy (non-hydrogen) atoms. The highest BCUT2D eigenvalue weighted by atomic mass is 16.2. The summed E-state index contributed by atoms with van der Waals surface area (Å²) in [5, 5.41) is 4.86. The topological polar surface area (TPSA) is 134 Å². The molecule has 0 unspecified atom stereocenters. The first-order valence-corrected chi connectivity index (χ1v) is 10.0. The van der Waals surface area contributed by atoms with Gasteiger partial charge in [0.15, 0.2) is 5.69 Å². The Labute approximate surface area is 178 Å². The predicted molar refractivity (Wildman–Crippen MR) is 111 cm³/mol. The van der Waals surface area contributed by atoms with Crippen LogP contribution in [-0.2, 0) is 20.9 Å². The Balaban J connectivity index is 1.70. The van der Waals surface area contributed by atoms with Gasteiger partial charge in [0.2, 0.25) is 0 Å². The molecule has 3 rings (SSSR count). The van der Waals surface area contributed by atoms with E-state index in [-0.39, 0.29) is 24.3 Å². The van der Waals surface area contributed by atoms with Crippen LogP contribution in [-0.4, -0.2) is 69.4 Å². The first-order valence-electron chi connectivity index (χ1n) is 10.0. The van der Waals surface area contributed by atoms with E-state index in [2.05, 4.69) is 16.0 Å². The number of nitrogens with zero attached hydrogens (tertiary/aromatic N) is 4. The molecule has 0 bridgehead atoms. The molecule has 0 saturated carbocycles. The van der Waals surface area contributed by atoms with Crippen LogP contribution in [0.15, 0.2) is 29.1 Å².